The smallest absolute Gasteiger partial charge is 0.232 e. The van der Waals surface area contributed by atoms with Gasteiger partial charge in [0.2, 0.25) is 5.91 Å². The number of carbonyl (C=O) groups excluding carboxylic acids is 1. The first kappa shape index (κ1) is 24.0. The number of anilines is 2. The normalized spacial score (nSPS) is 16.1. The monoisotopic (exact) mass is 478 g/mol. The fourth-order valence-electron chi connectivity index (χ4n) is 4.29. The first-order chi connectivity index (χ1) is 16.3. The Labute approximate surface area is 206 Å². The van der Waals surface area contributed by atoms with Crippen molar-refractivity contribution in [3.8, 4) is 11.5 Å². The summed E-state index contributed by atoms with van der Waals surface area (Å²) in [5.41, 5.74) is 4.87. The summed E-state index contributed by atoms with van der Waals surface area (Å²) in [5, 5.41) is 0.656. The van der Waals surface area contributed by atoms with Crippen LogP contribution in [-0.4, -0.2) is 33.2 Å². The molecule has 0 radical (unpaired) electrons. The Bertz CT molecular complexity index is 1160. The van der Waals surface area contributed by atoms with Gasteiger partial charge < -0.3 is 19.3 Å². The van der Waals surface area contributed by atoms with Gasteiger partial charge in [-0.05, 0) is 78.6 Å². The van der Waals surface area contributed by atoms with E-state index in [1.165, 1.54) is 0 Å². The van der Waals surface area contributed by atoms with E-state index < -0.39 is 0 Å². The summed E-state index contributed by atoms with van der Waals surface area (Å²) in [6.07, 6.45) is 1.21. The fourth-order valence-corrected chi connectivity index (χ4v) is 4.41. The number of fused-ring (bicyclic) bond motifs is 1. The minimum atomic E-state index is -0.316. The number of hydrogen-bond donors (Lipinski definition) is 0. The number of amides is 1. The molecule has 0 aromatic heterocycles. The van der Waals surface area contributed by atoms with Gasteiger partial charge in [0.1, 0.15) is 0 Å². The molecule has 0 aliphatic carbocycles. The number of nitrogens with zero attached hydrogens (tertiary/aromatic N) is 2. The molecule has 3 aromatic rings. The third-order valence-electron chi connectivity index (χ3n) is 6.32. The summed E-state index contributed by atoms with van der Waals surface area (Å²) in [5.74, 6) is 1.36. The molecule has 0 saturated heterocycles. The van der Waals surface area contributed by atoms with Gasteiger partial charge in [0.05, 0.1) is 25.7 Å². The van der Waals surface area contributed by atoms with Gasteiger partial charge in [-0.1, -0.05) is 30.7 Å². The lowest BCUT2D eigenvalue weighted by molar-refractivity contribution is -0.118. The number of hydrogen-bond acceptors (Lipinski definition) is 4. The third kappa shape index (κ3) is 4.71. The zero-order valence-corrected chi connectivity index (χ0v) is 21.1. The minimum absolute atomic E-state index is 0.0303. The second-order valence-electron chi connectivity index (χ2n) is 8.84. The van der Waals surface area contributed by atoms with Crippen LogP contribution < -0.4 is 19.3 Å². The van der Waals surface area contributed by atoms with Crippen LogP contribution in [0.1, 0.15) is 43.0 Å². The molecule has 3 aromatic carbocycles. The van der Waals surface area contributed by atoms with E-state index in [1.807, 2.05) is 91.5 Å². The maximum Gasteiger partial charge on any atom is 0.232 e. The molecular weight excluding hydrogens is 448 g/mol. The standard InChI is InChI=1S/C28H31ClN2O3/c1-6-18(2)34-26-17-24-20(15-25(26)33-5)16-27(32)31(23-13-11-22(12-14-23)30(3)4)28(24)19-7-9-21(29)10-8-19/h7-15,17-18,28H,6,16H2,1-5H3. The Kier molecular flexibility index (Phi) is 7.03. The largest absolute Gasteiger partial charge is 0.493 e. The zero-order chi connectivity index (χ0) is 24.4. The number of ether oxygens (including phenoxy) is 2. The molecule has 0 saturated carbocycles. The van der Waals surface area contributed by atoms with Crippen molar-refractivity contribution in [1.82, 2.24) is 0 Å². The number of benzene rings is 3. The number of methoxy groups -OCH3 is 1. The lowest BCUT2D eigenvalue weighted by Gasteiger charge is -2.38. The van der Waals surface area contributed by atoms with Gasteiger partial charge in [-0.2, -0.15) is 0 Å². The zero-order valence-electron chi connectivity index (χ0n) is 20.3. The van der Waals surface area contributed by atoms with E-state index in [9.17, 15) is 4.79 Å². The molecule has 4 rings (SSSR count). The Morgan fingerprint density at radius 2 is 1.74 bits per heavy atom. The molecule has 0 bridgehead atoms. The van der Waals surface area contributed by atoms with Crippen molar-refractivity contribution in [3.05, 3.63) is 82.4 Å². The second kappa shape index (κ2) is 9.98. The van der Waals surface area contributed by atoms with Crippen LogP contribution >= 0.6 is 11.6 Å². The van der Waals surface area contributed by atoms with Gasteiger partial charge in [-0.25, -0.2) is 0 Å². The Hall–Kier alpha value is -3.18. The fraction of sp³-hybridized carbons (Fsp3) is 0.321. The van der Waals surface area contributed by atoms with E-state index in [1.54, 1.807) is 7.11 Å². The minimum Gasteiger partial charge on any atom is -0.493 e. The van der Waals surface area contributed by atoms with Crippen LogP contribution in [0.2, 0.25) is 5.02 Å². The maximum atomic E-state index is 13.6. The molecule has 1 aliphatic rings. The predicted molar refractivity (Wildman–Crippen MR) is 139 cm³/mol. The average molecular weight is 479 g/mol. The molecule has 5 nitrogen and oxygen atoms in total. The number of halogens is 1. The molecule has 34 heavy (non-hydrogen) atoms. The first-order valence-corrected chi connectivity index (χ1v) is 11.9. The topological polar surface area (TPSA) is 42.0 Å². The SMILES string of the molecule is CCC(C)Oc1cc2c(cc1OC)CC(=O)N(c1ccc(N(C)C)cc1)C2c1ccc(Cl)cc1. The number of rotatable bonds is 7. The molecule has 1 amide bonds. The summed E-state index contributed by atoms with van der Waals surface area (Å²) in [4.78, 5) is 17.5. The number of carbonyl (C=O) groups is 1. The van der Waals surface area contributed by atoms with Crippen LogP contribution in [0.3, 0.4) is 0 Å². The molecule has 1 aliphatic heterocycles. The van der Waals surface area contributed by atoms with E-state index in [2.05, 4.69) is 6.92 Å². The molecule has 2 atom stereocenters. The van der Waals surface area contributed by atoms with Crippen LogP contribution in [-0.2, 0) is 11.2 Å². The lowest BCUT2D eigenvalue weighted by Crippen LogP contribution is -2.41. The molecule has 0 N–H and O–H groups in total. The summed E-state index contributed by atoms with van der Waals surface area (Å²) in [6.45, 7) is 4.13. The highest BCUT2D eigenvalue weighted by Crippen LogP contribution is 2.44. The molecule has 0 fully saturated rings. The quantitative estimate of drug-likeness (QED) is 0.401. The Morgan fingerprint density at radius 3 is 2.32 bits per heavy atom. The van der Waals surface area contributed by atoms with E-state index in [0.29, 0.717) is 16.5 Å². The van der Waals surface area contributed by atoms with Crippen molar-refractivity contribution in [1.29, 1.82) is 0 Å². The molecule has 2 unspecified atom stereocenters. The van der Waals surface area contributed by atoms with Crippen molar-refractivity contribution >= 4 is 28.9 Å². The van der Waals surface area contributed by atoms with E-state index in [0.717, 1.165) is 34.5 Å². The van der Waals surface area contributed by atoms with Gasteiger partial charge in [0.25, 0.3) is 0 Å². The average Bonchev–Trinajstić information content (AvgIpc) is 2.83. The predicted octanol–water partition coefficient (Wildman–Crippen LogP) is 6.27. The van der Waals surface area contributed by atoms with Crippen molar-refractivity contribution < 1.29 is 14.3 Å². The van der Waals surface area contributed by atoms with Gasteiger partial charge in [0.15, 0.2) is 11.5 Å². The molecule has 0 spiro atoms. The summed E-state index contributed by atoms with van der Waals surface area (Å²) in [7, 11) is 5.63. The first-order valence-electron chi connectivity index (χ1n) is 11.5. The van der Waals surface area contributed by atoms with Crippen molar-refractivity contribution in [2.75, 3.05) is 31.0 Å². The highest BCUT2D eigenvalue weighted by Gasteiger charge is 2.36. The van der Waals surface area contributed by atoms with Gasteiger partial charge in [-0.3, -0.25) is 4.79 Å². The summed E-state index contributed by atoms with van der Waals surface area (Å²) in [6, 6.07) is 19.4. The van der Waals surface area contributed by atoms with E-state index >= 15 is 0 Å². The van der Waals surface area contributed by atoms with Crippen molar-refractivity contribution in [2.24, 2.45) is 0 Å². The van der Waals surface area contributed by atoms with Crippen molar-refractivity contribution in [2.45, 2.75) is 38.8 Å². The maximum absolute atomic E-state index is 13.6. The molecule has 178 valence electrons. The second-order valence-corrected chi connectivity index (χ2v) is 9.28. The van der Waals surface area contributed by atoms with Crippen LogP contribution in [0.15, 0.2) is 60.7 Å². The van der Waals surface area contributed by atoms with Crippen LogP contribution in [0, 0.1) is 0 Å². The lowest BCUT2D eigenvalue weighted by atomic mass is 9.86. The molecule has 1 heterocycles. The van der Waals surface area contributed by atoms with Crippen LogP contribution in [0.4, 0.5) is 11.4 Å². The van der Waals surface area contributed by atoms with E-state index in [-0.39, 0.29) is 24.5 Å². The Balaban J connectivity index is 1.88. The van der Waals surface area contributed by atoms with Crippen molar-refractivity contribution in [3.63, 3.8) is 0 Å². The summed E-state index contributed by atoms with van der Waals surface area (Å²) >= 11 is 6.20. The van der Waals surface area contributed by atoms with Crippen LogP contribution in [0.5, 0.6) is 11.5 Å². The highest BCUT2D eigenvalue weighted by molar-refractivity contribution is 6.30. The van der Waals surface area contributed by atoms with Gasteiger partial charge in [-0.15, -0.1) is 0 Å². The highest BCUT2D eigenvalue weighted by atomic mass is 35.5. The van der Waals surface area contributed by atoms with Gasteiger partial charge in [0, 0.05) is 30.5 Å². The van der Waals surface area contributed by atoms with E-state index in [4.69, 9.17) is 21.1 Å². The Morgan fingerprint density at radius 1 is 1.06 bits per heavy atom. The molecule has 6 heteroatoms. The van der Waals surface area contributed by atoms with Crippen LogP contribution in [0.25, 0.3) is 0 Å². The molecular formula is C28H31ClN2O3. The summed E-state index contributed by atoms with van der Waals surface area (Å²) < 4.78 is 11.8. The third-order valence-corrected chi connectivity index (χ3v) is 6.57. The van der Waals surface area contributed by atoms with Gasteiger partial charge >= 0.3 is 0 Å².